The maximum Gasteiger partial charge on any atom is 0.254 e. The molecule has 0 amide bonds. The quantitative estimate of drug-likeness (QED) is 0.779. The molecule has 2 aliphatic heterocycles. The molecule has 9 heteroatoms. The molecule has 1 saturated carbocycles. The second-order valence-corrected chi connectivity index (χ2v) is 7.93. The molecule has 1 aliphatic carbocycles. The number of H-pyrrole nitrogens is 1. The summed E-state index contributed by atoms with van der Waals surface area (Å²) < 4.78 is 2.14. The first-order chi connectivity index (χ1) is 12.7. The van der Waals surface area contributed by atoms with Crippen LogP contribution in [0, 0.1) is 5.92 Å². The van der Waals surface area contributed by atoms with Crippen LogP contribution in [0.1, 0.15) is 47.7 Å². The smallest absolute Gasteiger partial charge is 0.254 e. The molecule has 0 unspecified atom stereocenters. The standard InChI is InChI=1S/C19H26N6O.2ClH/c26-19-16-4-7-24(12-17(16)21-18(22-19)8-13-2-3-13)11-14-9-15-10-20-5-1-6-25(15)23-14;;/h9,13,20H,1-8,10-12H2,(H,21,22,26);2*1H. The lowest BCUT2D eigenvalue weighted by molar-refractivity contribution is 0.236. The first-order valence-corrected chi connectivity index (χ1v) is 9.84. The average Bonchev–Trinajstić information content (AvgIpc) is 3.39. The number of nitrogens with zero attached hydrogens (tertiary/aromatic N) is 4. The van der Waals surface area contributed by atoms with Crippen LogP contribution in [0.15, 0.2) is 10.9 Å². The minimum atomic E-state index is 0. The first-order valence-electron chi connectivity index (χ1n) is 9.84. The summed E-state index contributed by atoms with van der Waals surface area (Å²) in [7, 11) is 0. The van der Waals surface area contributed by atoms with E-state index in [9.17, 15) is 4.79 Å². The Kier molecular flexibility index (Phi) is 6.81. The fourth-order valence-electron chi connectivity index (χ4n) is 4.10. The largest absolute Gasteiger partial charge is 0.311 e. The number of fused-ring (bicyclic) bond motifs is 2. The van der Waals surface area contributed by atoms with Gasteiger partial charge in [-0.15, -0.1) is 24.8 Å². The Labute approximate surface area is 177 Å². The van der Waals surface area contributed by atoms with Crippen LogP contribution < -0.4 is 10.9 Å². The molecule has 3 aliphatic rings. The maximum absolute atomic E-state index is 12.4. The van der Waals surface area contributed by atoms with Gasteiger partial charge in [-0.05, 0) is 44.2 Å². The lowest BCUT2D eigenvalue weighted by Crippen LogP contribution is -2.35. The van der Waals surface area contributed by atoms with E-state index in [1.54, 1.807) is 0 Å². The van der Waals surface area contributed by atoms with Crippen molar-refractivity contribution >= 4 is 24.8 Å². The van der Waals surface area contributed by atoms with Crippen molar-refractivity contribution < 1.29 is 0 Å². The lowest BCUT2D eigenvalue weighted by Gasteiger charge is -2.27. The highest BCUT2D eigenvalue weighted by Gasteiger charge is 2.26. The van der Waals surface area contributed by atoms with Gasteiger partial charge in [-0.25, -0.2) is 4.98 Å². The number of aromatic nitrogens is 4. The summed E-state index contributed by atoms with van der Waals surface area (Å²) in [5.41, 5.74) is 4.32. The van der Waals surface area contributed by atoms with E-state index in [0.29, 0.717) is 0 Å². The third-order valence-corrected chi connectivity index (χ3v) is 5.71. The van der Waals surface area contributed by atoms with Crippen LogP contribution in [0.3, 0.4) is 0 Å². The molecule has 0 atom stereocenters. The van der Waals surface area contributed by atoms with Crippen LogP contribution in [0.25, 0.3) is 0 Å². The van der Waals surface area contributed by atoms with Crippen molar-refractivity contribution in [3.63, 3.8) is 0 Å². The summed E-state index contributed by atoms with van der Waals surface area (Å²) in [6.45, 7) is 5.42. The summed E-state index contributed by atoms with van der Waals surface area (Å²) in [6.07, 6.45) is 5.36. The molecule has 2 aromatic heterocycles. The van der Waals surface area contributed by atoms with E-state index < -0.39 is 0 Å². The SMILES string of the molecule is Cl.Cl.O=c1[nH]c(CC2CC2)nc2c1CCN(Cc1cc3n(n1)CCCNC3)C2. The summed E-state index contributed by atoms with van der Waals surface area (Å²) in [5.74, 6) is 1.60. The molecule has 2 aromatic rings. The fraction of sp³-hybridized carbons (Fsp3) is 0.632. The van der Waals surface area contributed by atoms with Crippen molar-refractivity contribution in [2.45, 2.75) is 58.3 Å². The molecule has 0 saturated heterocycles. The monoisotopic (exact) mass is 426 g/mol. The molecular weight excluding hydrogens is 399 g/mol. The van der Waals surface area contributed by atoms with Gasteiger partial charge in [-0.2, -0.15) is 5.10 Å². The van der Waals surface area contributed by atoms with E-state index in [4.69, 9.17) is 10.1 Å². The van der Waals surface area contributed by atoms with Gasteiger partial charge in [0.05, 0.1) is 17.1 Å². The predicted molar refractivity (Wildman–Crippen MR) is 112 cm³/mol. The highest BCUT2D eigenvalue weighted by molar-refractivity contribution is 5.85. The Morgan fingerprint density at radius 1 is 1.21 bits per heavy atom. The predicted octanol–water partition coefficient (Wildman–Crippen LogP) is 1.81. The van der Waals surface area contributed by atoms with Crippen molar-refractivity contribution in [3.8, 4) is 0 Å². The molecule has 5 rings (SSSR count). The van der Waals surface area contributed by atoms with E-state index in [2.05, 4.69) is 25.9 Å². The molecule has 154 valence electrons. The van der Waals surface area contributed by atoms with Gasteiger partial charge in [0.1, 0.15) is 5.82 Å². The zero-order valence-electron chi connectivity index (χ0n) is 15.9. The van der Waals surface area contributed by atoms with Gasteiger partial charge in [-0.3, -0.25) is 14.4 Å². The molecular formula is C19H28Cl2N6O. The summed E-state index contributed by atoms with van der Waals surface area (Å²) in [6, 6.07) is 2.22. The Balaban J connectivity index is 0.00000112. The number of nitrogens with one attached hydrogen (secondary N) is 2. The molecule has 7 nitrogen and oxygen atoms in total. The van der Waals surface area contributed by atoms with Crippen molar-refractivity contribution in [2.75, 3.05) is 13.1 Å². The Bertz CT molecular complexity index is 852. The lowest BCUT2D eigenvalue weighted by atomic mass is 10.1. The van der Waals surface area contributed by atoms with E-state index in [0.717, 1.165) is 87.2 Å². The van der Waals surface area contributed by atoms with Crippen molar-refractivity contribution in [3.05, 3.63) is 44.9 Å². The van der Waals surface area contributed by atoms with Gasteiger partial charge in [0.15, 0.2) is 0 Å². The maximum atomic E-state index is 12.4. The fourth-order valence-corrected chi connectivity index (χ4v) is 4.10. The second kappa shape index (κ2) is 8.95. The van der Waals surface area contributed by atoms with E-state index in [-0.39, 0.29) is 30.4 Å². The van der Waals surface area contributed by atoms with Gasteiger partial charge in [-0.1, -0.05) is 0 Å². The molecule has 28 heavy (non-hydrogen) atoms. The van der Waals surface area contributed by atoms with Gasteiger partial charge in [0.25, 0.3) is 5.56 Å². The van der Waals surface area contributed by atoms with E-state index >= 15 is 0 Å². The minimum absolute atomic E-state index is 0. The number of hydrogen-bond donors (Lipinski definition) is 2. The van der Waals surface area contributed by atoms with Crippen LogP contribution in [-0.4, -0.2) is 37.7 Å². The van der Waals surface area contributed by atoms with Crippen LogP contribution >= 0.6 is 24.8 Å². The number of aromatic amines is 1. The molecule has 4 heterocycles. The summed E-state index contributed by atoms with van der Waals surface area (Å²) >= 11 is 0. The van der Waals surface area contributed by atoms with Crippen LogP contribution in [0.4, 0.5) is 0 Å². The molecule has 0 aromatic carbocycles. The number of aryl methyl sites for hydroxylation is 1. The minimum Gasteiger partial charge on any atom is -0.311 e. The van der Waals surface area contributed by atoms with Crippen molar-refractivity contribution in [2.24, 2.45) is 5.92 Å². The highest BCUT2D eigenvalue weighted by atomic mass is 35.5. The number of rotatable bonds is 4. The third kappa shape index (κ3) is 4.59. The highest BCUT2D eigenvalue weighted by Crippen LogP contribution is 2.31. The topological polar surface area (TPSA) is 78.8 Å². The molecule has 0 bridgehead atoms. The summed E-state index contributed by atoms with van der Waals surface area (Å²) in [4.78, 5) is 22.5. The van der Waals surface area contributed by atoms with E-state index in [1.807, 2.05) is 0 Å². The number of hydrogen-bond acceptors (Lipinski definition) is 5. The zero-order valence-corrected chi connectivity index (χ0v) is 17.6. The van der Waals surface area contributed by atoms with Crippen molar-refractivity contribution in [1.82, 2.24) is 30.0 Å². The molecule has 2 N–H and O–H groups in total. The van der Waals surface area contributed by atoms with Crippen LogP contribution in [0.2, 0.25) is 0 Å². The van der Waals surface area contributed by atoms with Gasteiger partial charge in [0.2, 0.25) is 0 Å². The average molecular weight is 427 g/mol. The zero-order chi connectivity index (χ0) is 17.5. The Morgan fingerprint density at radius 2 is 2.07 bits per heavy atom. The number of halogens is 2. The summed E-state index contributed by atoms with van der Waals surface area (Å²) in [5, 5.41) is 8.23. The van der Waals surface area contributed by atoms with Gasteiger partial charge >= 0.3 is 0 Å². The Hall–Kier alpha value is -1.41. The normalized spacial score (nSPS) is 19.0. The van der Waals surface area contributed by atoms with Gasteiger partial charge in [0, 0.05) is 44.7 Å². The van der Waals surface area contributed by atoms with Gasteiger partial charge < -0.3 is 10.3 Å². The molecule has 0 spiro atoms. The van der Waals surface area contributed by atoms with Crippen molar-refractivity contribution in [1.29, 1.82) is 0 Å². The third-order valence-electron chi connectivity index (χ3n) is 5.71. The second-order valence-electron chi connectivity index (χ2n) is 7.93. The van der Waals surface area contributed by atoms with E-state index in [1.165, 1.54) is 18.5 Å². The molecule has 0 radical (unpaired) electrons. The molecule has 1 fully saturated rings. The Morgan fingerprint density at radius 3 is 2.89 bits per heavy atom. The van der Waals surface area contributed by atoms with Crippen LogP contribution in [-0.2, 0) is 39.0 Å². The first kappa shape index (κ1) is 21.3. The van der Waals surface area contributed by atoms with Crippen LogP contribution in [0.5, 0.6) is 0 Å².